The third-order valence-corrected chi connectivity index (χ3v) is 4.36. The minimum Gasteiger partial charge on any atom is -0.363 e. The smallest absolute Gasteiger partial charge is 0.242 e. The first-order valence-corrected chi connectivity index (χ1v) is 7.65. The molecule has 6 heteroatoms. The van der Waals surface area contributed by atoms with Gasteiger partial charge in [0, 0.05) is 24.0 Å². The number of sulfonamides is 1. The van der Waals surface area contributed by atoms with Crippen LogP contribution in [0.15, 0.2) is 17.2 Å². The quantitative estimate of drug-likeness (QED) is 0.706. The summed E-state index contributed by atoms with van der Waals surface area (Å²) in [5.41, 5.74) is 0.430. The van der Waals surface area contributed by atoms with Crippen molar-refractivity contribution in [2.75, 3.05) is 7.05 Å². The summed E-state index contributed by atoms with van der Waals surface area (Å²) in [6.45, 7) is 6.45. The summed E-state index contributed by atoms with van der Waals surface area (Å²) in [5, 5.41) is 2.97. The van der Waals surface area contributed by atoms with Gasteiger partial charge < -0.3 is 10.3 Å². The predicted molar refractivity (Wildman–Crippen MR) is 72.9 cm³/mol. The van der Waals surface area contributed by atoms with Crippen LogP contribution in [0.5, 0.6) is 0 Å². The number of H-pyrrole nitrogens is 1. The maximum Gasteiger partial charge on any atom is 0.242 e. The second-order valence-electron chi connectivity index (χ2n) is 5.13. The number of nitrogens with one attached hydrogen (secondary N) is 3. The Kier molecular flexibility index (Phi) is 4.95. The molecule has 1 aromatic heterocycles. The number of hydrogen-bond acceptors (Lipinski definition) is 3. The van der Waals surface area contributed by atoms with E-state index in [1.165, 1.54) is 6.20 Å². The molecule has 0 aliphatic heterocycles. The van der Waals surface area contributed by atoms with E-state index in [1.807, 2.05) is 27.8 Å². The molecule has 5 nitrogen and oxygen atoms in total. The van der Waals surface area contributed by atoms with Gasteiger partial charge in [0.05, 0.1) is 4.90 Å². The van der Waals surface area contributed by atoms with Crippen LogP contribution in [0.2, 0.25) is 0 Å². The molecule has 3 N–H and O–H groups in total. The van der Waals surface area contributed by atoms with Crippen molar-refractivity contribution in [3.8, 4) is 0 Å². The molecule has 18 heavy (non-hydrogen) atoms. The second-order valence-corrected chi connectivity index (χ2v) is 6.81. The third kappa shape index (κ3) is 4.12. The van der Waals surface area contributed by atoms with E-state index in [9.17, 15) is 8.42 Å². The molecule has 0 aliphatic carbocycles. The first kappa shape index (κ1) is 15.2. The van der Waals surface area contributed by atoms with Gasteiger partial charge in [-0.3, -0.25) is 0 Å². The Morgan fingerprint density at radius 3 is 2.61 bits per heavy atom. The van der Waals surface area contributed by atoms with Gasteiger partial charge in [-0.15, -0.1) is 0 Å². The molecule has 0 aromatic carbocycles. The molecule has 0 unspecified atom stereocenters. The summed E-state index contributed by atoms with van der Waals surface area (Å²) in [7, 11) is -1.63. The number of aromatic nitrogens is 1. The Hall–Kier alpha value is -0.850. The molecule has 0 radical (unpaired) electrons. The van der Waals surface area contributed by atoms with Crippen LogP contribution in [-0.2, 0) is 16.6 Å². The lowest BCUT2D eigenvalue weighted by Gasteiger charge is -2.24. The van der Waals surface area contributed by atoms with Crippen LogP contribution >= 0.6 is 0 Å². The van der Waals surface area contributed by atoms with E-state index < -0.39 is 15.6 Å². The first-order chi connectivity index (χ1) is 8.30. The highest BCUT2D eigenvalue weighted by Gasteiger charge is 2.26. The predicted octanol–water partition coefficient (Wildman–Crippen LogP) is 1.59. The van der Waals surface area contributed by atoms with E-state index in [0.29, 0.717) is 6.54 Å². The molecule has 0 saturated heterocycles. The Bertz CT molecular complexity index is 477. The molecule has 0 atom stereocenters. The van der Waals surface area contributed by atoms with Crippen molar-refractivity contribution in [3.05, 3.63) is 18.0 Å². The van der Waals surface area contributed by atoms with Gasteiger partial charge in [-0.2, -0.15) is 0 Å². The van der Waals surface area contributed by atoms with E-state index >= 15 is 0 Å². The average molecular weight is 273 g/mol. The second kappa shape index (κ2) is 5.86. The zero-order chi connectivity index (χ0) is 13.8. The highest BCUT2D eigenvalue weighted by Crippen LogP contribution is 2.17. The fourth-order valence-corrected chi connectivity index (χ4v) is 3.42. The minimum absolute atomic E-state index is 0.289. The maximum absolute atomic E-state index is 12.2. The number of aromatic amines is 1. The van der Waals surface area contributed by atoms with Crippen molar-refractivity contribution >= 4 is 10.0 Å². The molecule has 1 rings (SSSR count). The van der Waals surface area contributed by atoms with E-state index in [2.05, 4.69) is 15.0 Å². The molecule has 0 bridgehead atoms. The SMILES string of the molecule is CCCC(C)(C)NS(=O)(=O)c1c[nH]c(CNC)c1. The summed E-state index contributed by atoms with van der Waals surface area (Å²) in [6, 6.07) is 1.65. The molecule has 0 saturated carbocycles. The van der Waals surface area contributed by atoms with Crippen molar-refractivity contribution in [3.63, 3.8) is 0 Å². The van der Waals surface area contributed by atoms with Gasteiger partial charge in [-0.25, -0.2) is 13.1 Å². The van der Waals surface area contributed by atoms with E-state index in [1.54, 1.807) is 6.07 Å². The van der Waals surface area contributed by atoms with Gasteiger partial charge in [0.2, 0.25) is 10.0 Å². The van der Waals surface area contributed by atoms with Crippen LogP contribution in [0.4, 0.5) is 0 Å². The summed E-state index contributed by atoms with van der Waals surface area (Å²) >= 11 is 0. The van der Waals surface area contributed by atoms with Crippen molar-refractivity contribution in [1.29, 1.82) is 0 Å². The fraction of sp³-hybridized carbons (Fsp3) is 0.667. The summed E-state index contributed by atoms with van der Waals surface area (Å²) in [5.74, 6) is 0. The van der Waals surface area contributed by atoms with Crippen LogP contribution in [-0.4, -0.2) is 26.0 Å². The zero-order valence-corrected chi connectivity index (χ0v) is 12.3. The lowest BCUT2D eigenvalue weighted by molar-refractivity contribution is 0.418. The minimum atomic E-state index is -3.45. The lowest BCUT2D eigenvalue weighted by atomic mass is 10.0. The van der Waals surface area contributed by atoms with Crippen LogP contribution in [0.1, 0.15) is 39.3 Å². The van der Waals surface area contributed by atoms with Crippen molar-refractivity contribution in [2.45, 2.75) is 50.6 Å². The van der Waals surface area contributed by atoms with Crippen LogP contribution < -0.4 is 10.0 Å². The van der Waals surface area contributed by atoms with Crippen LogP contribution in [0.25, 0.3) is 0 Å². The lowest BCUT2D eigenvalue weighted by Crippen LogP contribution is -2.42. The van der Waals surface area contributed by atoms with E-state index in [0.717, 1.165) is 18.5 Å². The van der Waals surface area contributed by atoms with Gasteiger partial charge in [-0.1, -0.05) is 13.3 Å². The Balaban J connectivity index is 2.85. The molecular formula is C12H23N3O2S. The van der Waals surface area contributed by atoms with Gasteiger partial charge >= 0.3 is 0 Å². The highest BCUT2D eigenvalue weighted by atomic mass is 32.2. The largest absolute Gasteiger partial charge is 0.363 e. The molecule has 0 spiro atoms. The number of rotatable bonds is 7. The van der Waals surface area contributed by atoms with Gasteiger partial charge in [0.1, 0.15) is 0 Å². The molecule has 0 amide bonds. The maximum atomic E-state index is 12.2. The Morgan fingerprint density at radius 1 is 1.39 bits per heavy atom. The molecule has 0 fully saturated rings. The highest BCUT2D eigenvalue weighted by molar-refractivity contribution is 7.89. The topological polar surface area (TPSA) is 74.0 Å². The van der Waals surface area contributed by atoms with Gasteiger partial charge in [0.25, 0.3) is 0 Å². The molecule has 1 heterocycles. The van der Waals surface area contributed by atoms with Gasteiger partial charge in [-0.05, 0) is 33.4 Å². The van der Waals surface area contributed by atoms with E-state index in [-0.39, 0.29) is 4.90 Å². The Morgan fingerprint density at radius 2 is 2.06 bits per heavy atom. The first-order valence-electron chi connectivity index (χ1n) is 6.16. The molecule has 1 aromatic rings. The zero-order valence-electron chi connectivity index (χ0n) is 11.5. The Labute approximate surface area is 109 Å². The average Bonchev–Trinajstić information content (AvgIpc) is 2.65. The standard InChI is InChI=1S/C12H23N3O2S/c1-5-6-12(2,3)15-18(16,17)11-7-10(8-13-4)14-9-11/h7,9,13-15H,5-6,8H2,1-4H3. The summed E-state index contributed by atoms with van der Waals surface area (Å²) in [6.07, 6.45) is 3.27. The van der Waals surface area contributed by atoms with Crippen molar-refractivity contribution in [2.24, 2.45) is 0 Å². The molecule has 0 aliphatic rings. The van der Waals surface area contributed by atoms with Crippen LogP contribution in [0.3, 0.4) is 0 Å². The van der Waals surface area contributed by atoms with Crippen molar-refractivity contribution in [1.82, 2.24) is 15.0 Å². The normalized spacial score (nSPS) is 12.9. The summed E-state index contributed by atoms with van der Waals surface area (Å²) < 4.78 is 27.1. The van der Waals surface area contributed by atoms with Crippen molar-refractivity contribution < 1.29 is 8.42 Å². The van der Waals surface area contributed by atoms with Gasteiger partial charge in [0.15, 0.2) is 0 Å². The molecular weight excluding hydrogens is 250 g/mol. The third-order valence-electron chi connectivity index (χ3n) is 2.68. The van der Waals surface area contributed by atoms with Crippen LogP contribution in [0, 0.1) is 0 Å². The monoisotopic (exact) mass is 273 g/mol. The summed E-state index contributed by atoms with van der Waals surface area (Å²) in [4.78, 5) is 3.24. The van der Waals surface area contributed by atoms with E-state index in [4.69, 9.17) is 0 Å². The molecule has 104 valence electrons. The number of hydrogen-bond donors (Lipinski definition) is 3. The fourth-order valence-electron chi connectivity index (χ4n) is 1.97.